The van der Waals surface area contributed by atoms with E-state index in [0.717, 1.165) is 30.3 Å². The number of hydrogen-bond donors (Lipinski definition) is 1. The third-order valence-electron chi connectivity index (χ3n) is 3.19. The van der Waals surface area contributed by atoms with Crippen LogP contribution in [0.1, 0.15) is 29.4 Å². The first-order valence-electron chi connectivity index (χ1n) is 6.33. The lowest BCUT2D eigenvalue weighted by Crippen LogP contribution is -2.53. The molecule has 1 aliphatic heterocycles. The Balaban J connectivity index is 2.04. The zero-order valence-electron chi connectivity index (χ0n) is 11.6. The summed E-state index contributed by atoms with van der Waals surface area (Å²) < 4.78 is 5.81. The maximum atomic E-state index is 9.29. The molecule has 1 fully saturated rings. The van der Waals surface area contributed by atoms with Gasteiger partial charge in [-0.1, -0.05) is 0 Å². The van der Waals surface area contributed by atoms with Crippen molar-refractivity contribution in [3.8, 4) is 0 Å². The Bertz CT molecular complexity index is 398. The second-order valence-corrected chi connectivity index (χ2v) is 6.89. The molecule has 0 aromatic carbocycles. The number of aliphatic hydroxyl groups is 1. The maximum absolute atomic E-state index is 9.29. The number of hydrogen-bond acceptors (Lipinski definition) is 5. The number of aryl methyl sites for hydroxylation is 2. The zero-order valence-corrected chi connectivity index (χ0v) is 12.4. The van der Waals surface area contributed by atoms with E-state index < -0.39 is 0 Å². The summed E-state index contributed by atoms with van der Waals surface area (Å²) >= 11 is 1.76. The summed E-state index contributed by atoms with van der Waals surface area (Å²) in [6, 6.07) is 0. The molecule has 1 aromatic rings. The number of nitrogens with zero attached hydrogens (tertiary/aromatic N) is 2. The standard InChI is InChI=1S/C13H22N2O2S/c1-9-10(2)18-12(14-9)6-15-5-11(7-16)17-13(3,4)8-15/h11,16H,5-8H2,1-4H3. The van der Waals surface area contributed by atoms with Gasteiger partial charge in [-0.3, -0.25) is 4.90 Å². The molecule has 1 unspecified atom stereocenters. The van der Waals surface area contributed by atoms with Gasteiger partial charge in [-0.2, -0.15) is 0 Å². The molecule has 1 N–H and O–H groups in total. The molecule has 0 saturated carbocycles. The molecule has 0 bridgehead atoms. The first-order valence-corrected chi connectivity index (χ1v) is 7.15. The van der Waals surface area contributed by atoms with E-state index in [1.54, 1.807) is 11.3 Å². The van der Waals surface area contributed by atoms with Crippen molar-refractivity contribution in [3.63, 3.8) is 0 Å². The smallest absolute Gasteiger partial charge is 0.107 e. The quantitative estimate of drug-likeness (QED) is 0.908. The van der Waals surface area contributed by atoms with Gasteiger partial charge < -0.3 is 9.84 Å². The van der Waals surface area contributed by atoms with Crippen LogP contribution in [0.25, 0.3) is 0 Å². The third-order valence-corrected chi connectivity index (χ3v) is 4.24. The number of rotatable bonds is 3. The molecule has 1 aromatic heterocycles. The van der Waals surface area contributed by atoms with Crippen LogP contribution < -0.4 is 0 Å². The fourth-order valence-electron chi connectivity index (χ4n) is 2.43. The predicted molar refractivity (Wildman–Crippen MR) is 72.9 cm³/mol. The van der Waals surface area contributed by atoms with Crippen LogP contribution in [0.5, 0.6) is 0 Å². The molecule has 0 amide bonds. The van der Waals surface area contributed by atoms with Crippen LogP contribution in [0.15, 0.2) is 0 Å². The van der Waals surface area contributed by atoms with Crippen LogP contribution >= 0.6 is 11.3 Å². The monoisotopic (exact) mass is 270 g/mol. The van der Waals surface area contributed by atoms with E-state index in [0.29, 0.717) is 0 Å². The third kappa shape index (κ3) is 3.29. The predicted octanol–water partition coefficient (Wildman–Crippen LogP) is 1.73. The molecule has 5 heteroatoms. The number of aliphatic hydroxyl groups excluding tert-OH is 1. The van der Waals surface area contributed by atoms with Crippen molar-refractivity contribution in [2.24, 2.45) is 0 Å². The molecular weight excluding hydrogens is 248 g/mol. The van der Waals surface area contributed by atoms with Crippen LogP contribution in [0, 0.1) is 13.8 Å². The van der Waals surface area contributed by atoms with E-state index in [-0.39, 0.29) is 18.3 Å². The minimum atomic E-state index is -0.201. The van der Waals surface area contributed by atoms with E-state index in [1.165, 1.54) is 4.88 Å². The molecular formula is C13H22N2O2S. The Morgan fingerprint density at radius 2 is 2.22 bits per heavy atom. The number of ether oxygens (including phenoxy) is 1. The lowest BCUT2D eigenvalue weighted by molar-refractivity contribution is -0.150. The van der Waals surface area contributed by atoms with Crippen molar-refractivity contribution in [2.75, 3.05) is 19.7 Å². The second kappa shape index (κ2) is 5.25. The zero-order chi connectivity index (χ0) is 13.3. The van der Waals surface area contributed by atoms with Gasteiger partial charge in [0, 0.05) is 18.0 Å². The van der Waals surface area contributed by atoms with Gasteiger partial charge in [0.05, 0.1) is 30.6 Å². The van der Waals surface area contributed by atoms with Gasteiger partial charge in [0.1, 0.15) is 5.01 Å². The molecule has 0 aliphatic carbocycles. The van der Waals surface area contributed by atoms with Crippen molar-refractivity contribution in [2.45, 2.75) is 45.9 Å². The van der Waals surface area contributed by atoms with E-state index in [2.05, 4.69) is 37.6 Å². The molecule has 4 nitrogen and oxygen atoms in total. The van der Waals surface area contributed by atoms with Gasteiger partial charge in [-0.25, -0.2) is 4.98 Å². The van der Waals surface area contributed by atoms with Crippen LogP contribution in [0.2, 0.25) is 0 Å². The number of thiazole rings is 1. The highest BCUT2D eigenvalue weighted by Gasteiger charge is 2.33. The summed E-state index contributed by atoms with van der Waals surface area (Å²) in [5, 5.41) is 10.4. The lowest BCUT2D eigenvalue weighted by atomic mass is 10.1. The molecule has 1 aliphatic rings. The molecule has 2 rings (SSSR count). The van der Waals surface area contributed by atoms with Crippen molar-refractivity contribution in [1.82, 2.24) is 9.88 Å². The average Bonchev–Trinajstić information content (AvgIpc) is 2.55. The topological polar surface area (TPSA) is 45.6 Å². The lowest BCUT2D eigenvalue weighted by Gasteiger charge is -2.42. The maximum Gasteiger partial charge on any atom is 0.107 e. The Kier molecular flexibility index (Phi) is 4.06. The first kappa shape index (κ1) is 13.9. The Morgan fingerprint density at radius 1 is 1.50 bits per heavy atom. The van der Waals surface area contributed by atoms with E-state index in [4.69, 9.17) is 4.74 Å². The van der Waals surface area contributed by atoms with Gasteiger partial charge in [0.25, 0.3) is 0 Å². The van der Waals surface area contributed by atoms with Gasteiger partial charge in [-0.15, -0.1) is 11.3 Å². The van der Waals surface area contributed by atoms with Gasteiger partial charge in [0.2, 0.25) is 0 Å². The minimum Gasteiger partial charge on any atom is -0.394 e. The Morgan fingerprint density at radius 3 is 2.78 bits per heavy atom. The van der Waals surface area contributed by atoms with Crippen molar-refractivity contribution in [3.05, 3.63) is 15.6 Å². The Labute approximate surface area is 113 Å². The van der Waals surface area contributed by atoms with Gasteiger partial charge in [-0.05, 0) is 27.7 Å². The Hall–Kier alpha value is -0.490. The molecule has 0 spiro atoms. The molecule has 1 atom stereocenters. The van der Waals surface area contributed by atoms with Crippen molar-refractivity contribution in [1.29, 1.82) is 0 Å². The van der Waals surface area contributed by atoms with Crippen LogP contribution in [0.4, 0.5) is 0 Å². The molecule has 0 radical (unpaired) electrons. The van der Waals surface area contributed by atoms with E-state index in [9.17, 15) is 5.11 Å². The largest absolute Gasteiger partial charge is 0.394 e. The summed E-state index contributed by atoms with van der Waals surface area (Å²) in [6.07, 6.45) is -0.0871. The SMILES string of the molecule is Cc1nc(CN2CC(CO)OC(C)(C)C2)sc1C. The van der Waals surface area contributed by atoms with Crippen molar-refractivity contribution >= 4 is 11.3 Å². The van der Waals surface area contributed by atoms with Crippen LogP contribution in [0.3, 0.4) is 0 Å². The molecule has 18 heavy (non-hydrogen) atoms. The van der Waals surface area contributed by atoms with Gasteiger partial charge in [0.15, 0.2) is 0 Å². The van der Waals surface area contributed by atoms with E-state index >= 15 is 0 Å². The summed E-state index contributed by atoms with van der Waals surface area (Å²) in [5.41, 5.74) is 0.925. The highest BCUT2D eigenvalue weighted by Crippen LogP contribution is 2.24. The minimum absolute atomic E-state index is 0.0792. The highest BCUT2D eigenvalue weighted by atomic mass is 32.1. The number of aromatic nitrogens is 1. The van der Waals surface area contributed by atoms with E-state index in [1.807, 2.05) is 0 Å². The fourth-order valence-corrected chi connectivity index (χ4v) is 3.41. The van der Waals surface area contributed by atoms with Crippen molar-refractivity contribution < 1.29 is 9.84 Å². The summed E-state index contributed by atoms with van der Waals surface area (Å²) in [7, 11) is 0. The summed E-state index contributed by atoms with van der Waals surface area (Å²) in [6.45, 7) is 10.9. The summed E-state index contributed by atoms with van der Waals surface area (Å²) in [4.78, 5) is 8.19. The van der Waals surface area contributed by atoms with Crippen LogP contribution in [-0.2, 0) is 11.3 Å². The average molecular weight is 270 g/mol. The fraction of sp³-hybridized carbons (Fsp3) is 0.769. The number of morpholine rings is 1. The second-order valence-electron chi connectivity index (χ2n) is 5.60. The highest BCUT2D eigenvalue weighted by molar-refractivity contribution is 7.11. The molecule has 1 saturated heterocycles. The molecule has 102 valence electrons. The first-order chi connectivity index (χ1) is 8.39. The van der Waals surface area contributed by atoms with Crippen LogP contribution in [-0.4, -0.2) is 46.4 Å². The normalized spacial score (nSPS) is 24.4. The summed E-state index contributed by atoms with van der Waals surface area (Å²) in [5.74, 6) is 0. The molecule has 2 heterocycles. The van der Waals surface area contributed by atoms with Gasteiger partial charge >= 0.3 is 0 Å².